The second kappa shape index (κ2) is 5.70. The van der Waals surface area contributed by atoms with Crippen LogP contribution in [0.2, 0.25) is 5.02 Å². The molecule has 0 aliphatic rings. The summed E-state index contributed by atoms with van der Waals surface area (Å²) in [5.74, 6) is 0. The fourth-order valence-electron chi connectivity index (χ4n) is 1.47. The van der Waals surface area contributed by atoms with Gasteiger partial charge in [-0.15, -0.1) is 0 Å². The topological polar surface area (TPSA) is 55.2 Å². The van der Waals surface area contributed by atoms with Crippen molar-refractivity contribution in [1.82, 2.24) is 0 Å². The van der Waals surface area contributed by atoms with Crippen LogP contribution in [0.5, 0.6) is 0 Å². The number of nitrogens with one attached hydrogen (secondary N) is 1. The molecule has 0 radical (unpaired) electrons. The summed E-state index contributed by atoms with van der Waals surface area (Å²) in [5.41, 5.74) is 0.683. The van der Waals surface area contributed by atoms with Crippen molar-refractivity contribution in [2.75, 3.05) is 5.32 Å². The van der Waals surface area contributed by atoms with Crippen molar-refractivity contribution in [3.8, 4) is 0 Å². The lowest BCUT2D eigenvalue weighted by molar-refractivity contribution is -0.384. The predicted octanol–water partition coefficient (Wildman–Crippen LogP) is 3.85. The maximum atomic E-state index is 10.7. The minimum Gasteiger partial charge on any atom is -0.382 e. The molecule has 0 bridgehead atoms. The van der Waals surface area contributed by atoms with E-state index in [1.54, 1.807) is 12.1 Å². The zero-order valence-corrected chi connectivity index (χ0v) is 10.1. The summed E-state index contributed by atoms with van der Waals surface area (Å²) in [6.45, 7) is 4.15. The smallest absolute Gasteiger partial charge is 0.289 e. The SMILES string of the molecule is CCC(CC)Nc1ccc(Cl)c([N+](=O)[O-])c1. The Morgan fingerprint density at radius 3 is 2.56 bits per heavy atom. The molecule has 0 amide bonds. The monoisotopic (exact) mass is 242 g/mol. The van der Waals surface area contributed by atoms with Crippen molar-refractivity contribution in [2.45, 2.75) is 32.7 Å². The summed E-state index contributed by atoms with van der Waals surface area (Å²) >= 11 is 5.73. The number of nitro benzene ring substituents is 1. The van der Waals surface area contributed by atoms with Gasteiger partial charge < -0.3 is 5.32 Å². The highest BCUT2D eigenvalue weighted by molar-refractivity contribution is 6.32. The number of halogens is 1. The molecule has 0 aromatic heterocycles. The first-order valence-corrected chi connectivity index (χ1v) is 5.66. The third-order valence-corrected chi connectivity index (χ3v) is 2.82. The molecule has 0 saturated carbocycles. The largest absolute Gasteiger partial charge is 0.382 e. The van der Waals surface area contributed by atoms with E-state index >= 15 is 0 Å². The van der Waals surface area contributed by atoms with Crippen LogP contribution >= 0.6 is 11.6 Å². The summed E-state index contributed by atoms with van der Waals surface area (Å²) in [6.07, 6.45) is 1.96. The molecule has 1 rings (SSSR count). The fraction of sp³-hybridized carbons (Fsp3) is 0.455. The Morgan fingerprint density at radius 2 is 2.06 bits per heavy atom. The van der Waals surface area contributed by atoms with Crippen LogP contribution < -0.4 is 5.32 Å². The van der Waals surface area contributed by atoms with Crippen molar-refractivity contribution >= 4 is 23.0 Å². The molecular weight excluding hydrogens is 228 g/mol. The average Bonchev–Trinajstić information content (AvgIpc) is 2.27. The molecule has 0 saturated heterocycles. The Kier molecular flexibility index (Phi) is 4.55. The number of anilines is 1. The van der Waals surface area contributed by atoms with E-state index in [-0.39, 0.29) is 10.7 Å². The van der Waals surface area contributed by atoms with Crippen LogP contribution in [0.25, 0.3) is 0 Å². The van der Waals surface area contributed by atoms with Gasteiger partial charge in [0, 0.05) is 17.8 Å². The average molecular weight is 243 g/mol. The van der Waals surface area contributed by atoms with E-state index in [0.717, 1.165) is 18.5 Å². The molecule has 5 heteroatoms. The minimum atomic E-state index is -0.472. The van der Waals surface area contributed by atoms with Gasteiger partial charge in [-0.05, 0) is 25.0 Å². The molecule has 0 aliphatic heterocycles. The molecule has 88 valence electrons. The van der Waals surface area contributed by atoms with Crippen LogP contribution in [-0.4, -0.2) is 11.0 Å². The molecule has 1 aromatic rings. The predicted molar refractivity (Wildman–Crippen MR) is 66.1 cm³/mol. The Bertz CT molecular complexity index is 378. The highest BCUT2D eigenvalue weighted by atomic mass is 35.5. The van der Waals surface area contributed by atoms with Crippen molar-refractivity contribution in [3.05, 3.63) is 33.3 Å². The zero-order chi connectivity index (χ0) is 12.1. The lowest BCUT2D eigenvalue weighted by atomic mass is 10.1. The van der Waals surface area contributed by atoms with Crippen LogP contribution in [0.3, 0.4) is 0 Å². The lowest BCUT2D eigenvalue weighted by Gasteiger charge is -2.15. The Morgan fingerprint density at radius 1 is 1.44 bits per heavy atom. The van der Waals surface area contributed by atoms with Crippen LogP contribution in [0, 0.1) is 10.1 Å². The van der Waals surface area contributed by atoms with E-state index in [1.807, 2.05) is 0 Å². The first-order chi connectivity index (χ1) is 7.58. The van der Waals surface area contributed by atoms with Gasteiger partial charge in [0.05, 0.1) is 4.92 Å². The van der Waals surface area contributed by atoms with Crippen molar-refractivity contribution in [1.29, 1.82) is 0 Å². The highest BCUT2D eigenvalue weighted by Gasteiger charge is 2.13. The summed E-state index contributed by atoms with van der Waals surface area (Å²) in [7, 11) is 0. The summed E-state index contributed by atoms with van der Waals surface area (Å²) < 4.78 is 0. The summed E-state index contributed by atoms with van der Waals surface area (Å²) in [4.78, 5) is 10.2. The maximum absolute atomic E-state index is 10.7. The van der Waals surface area contributed by atoms with Crippen LogP contribution in [-0.2, 0) is 0 Å². The quantitative estimate of drug-likeness (QED) is 0.630. The van der Waals surface area contributed by atoms with Crippen LogP contribution in [0.15, 0.2) is 18.2 Å². The summed E-state index contributed by atoms with van der Waals surface area (Å²) in [6, 6.07) is 5.11. The number of nitrogens with zero attached hydrogens (tertiary/aromatic N) is 1. The molecule has 0 fully saturated rings. The number of rotatable bonds is 5. The van der Waals surface area contributed by atoms with Gasteiger partial charge in [0.15, 0.2) is 0 Å². The van der Waals surface area contributed by atoms with Crippen molar-refractivity contribution < 1.29 is 4.92 Å². The second-order valence-electron chi connectivity index (χ2n) is 3.58. The minimum absolute atomic E-state index is 0.0578. The number of benzene rings is 1. The molecule has 16 heavy (non-hydrogen) atoms. The van der Waals surface area contributed by atoms with E-state index in [0.29, 0.717) is 6.04 Å². The maximum Gasteiger partial charge on any atom is 0.289 e. The Labute approximate surface area is 99.8 Å². The van der Waals surface area contributed by atoms with E-state index in [4.69, 9.17) is 11.6 Å². The zero-order valence-electron chi connectivity index (χ0n) is 9.37. The molecule has 1 aromatic carbocycles. The molecule has 1 N–H and O–H groups in total. The van der Waals surface area contributed by atoms with E-state index < -0.39 is 4.92 Å². The Balaban J connectivity index is 2.90. The second-order valence-corrected chi connectivity index (χ2v) is 3.99. The number of hydrogen-bond acceptors (Lipinski definition) is 3. The van der Waals surface area contributed by atoms with Gasteiger partial charge >= 0.3 is 0 Å². The van der Waals surface area contributed by atoms with E-state index in [9.17, 15) is 10.1 Å². The fourth-order valence-corrected chi connectivity index (χ4v) is 1.66. The molecule has 0 aliphatic carbocycles. The van der Waals surface area contributed by atoms with Gasteiger partial charge in [-0.3, -0.25) is 10.1 Å². The standard InChI is InChI=1S/C11H15ClN2O2/c1-3-8(4-2)13-9-5-6-10(12)11(7-9)14(15)16/h5-8,13H,3-4H2,1-2H3. The highest BCUT2D eigenvalue weighted by Crippen LogP contribution is 2.27. The lowest BCUT2D eigenvalue weighted by Crippen LogP contribution is -2.16. The van der Waals surface area contributed by atoms with E-state index in [2.05, 4.69) is 19.2 Å². The molecule has 0 unspecified atom stereocenters. The van der Waals surface area contributed by atoms with E-state index in [1.165, 1.54) is 6.07 Å². The van der Waals surface area contributed by atoms with Crippen molar-refractivity contribution in [3.63, 3.8) is 0 Å². The van der Waals surface area contributed by atoms with Crippen LogP contribution in [0.1, 0.15) is 26.7 Å². The Hall–Kier alpha value is -1.29. The third kappa shape index (κ3) is 3.10. The molecule has 0 spiro atoms. The molecular formula is C11H15ClN2O2. The summed E-state index contributed by atoms with van der Waals surface area (Å²) in [5, 5.41) is 14.1. The molecule has 0 heterocycles. The van der Waals surface area contributed by atoms with Gasteiger partial charge in [0.2, 0.25) is 0 Å². The third-order valence-electron chi connectivity index (χ3n) is 2.50. The first kappa shape index (κ1) is 12.8. The first-order valence-electron chi connectivity index (χ1n) is 5.29. The van der Waals surface area contributed by atoms with Crippen LogP contribution in [0.4, 0.5) is 11.4 Å². The molecule has 4 nitrogen and oxygen atoms in total. The normalized spacial score (nSPS) is 10.5. The van der Waals surface area contributed by atoms with Gasteiger partial charge in [0.25, 0.3) is 5.69 Å². The number of hydrogen-bond donors (Lipinski definition) is 1. The van der Waals surface area contributed by atoms with Gasteiger partial charge in [-0.1, -0.05) is 25.4 Å². The molecule has 0 atom stereocenters. The van der Waals surface area contributed by atoms with Gasteiger partial charge in [-0.25, -0.2) is 0 Å². The van der Waals surface area contributed by atoms with Crippen molar-refractivity contribution in [2.24, 2.45) is 0 Å². The van der Waals surface area contributed by atoms with Gasteiger partial charge in [0.1, 0.15) is 5.02 Å². The number of nitro groups is 1. The van der Waals surface area contributed by atoms with Gasteiger partial charge in [-0.2, -0.15) is 0 Å².